The molecule has 1 saturated heterocycles. The highest BCUT2D eigenvalue weighted by atomic mass is 16.5. The van der Waals surface area contributed by atoms with Crippen molar-refractivity contribution in [3.63, 3.8) is 0 Å². The maximum Gasteiger partial charge on any atom is 0.0628 e. The van der Waals surface area contributed by atoms with E-state index in [9.17, 15) is 0 Å². The van der Waals surface area contributed by atoms with Gasteiger partial charge in [0.25, 0.3) is 0 Å². The molecule has 1 fully saturated rings. The number of nitrogens with one attached hydrogen (secondary N) is 1. The van der Waals surface area contributed by atoms with Crippen molar-refractivity contribution < 1.29 is 4.74 Å². The standard InChI is InChI=1S/C13H28N2O/c1-5-14-12(10-16-4)9-15-8-6-7-13(15)11(2)3/h11-14H,5-10H2,1-4H3. The van der Waals surface area contributed by atoms with E-state index < -0.39 is 0 Å². The maximum atomic E-state index is 5.27. The van der Waals surface area contributed by atoms with Crippen molar-refractivity contribution >= 4 is 0 Å². The number of methoxy groups -OCH3 is 1. The van der Waals surface area contributed by atoms with Crippen molar-refractivity contribution in [3.05, 3.63) is 0 Å². The van der Waals surface area contributed by atoms with Crippen LogP contribution < -0.4 is 5.32 Å². The number of hydrogen-bond acceptors (Lipinski definition) is 3. The number of likely N-dealkylation sites (tertiary alicyclic amines) is 1. The third kappa shape index (κ3) is 4.04. The van der Waals surface area contributed by atoms with E-state index in [0.717, 1.165) is 31.7 Å². The normalized spacial score (nSPS) is 24.2. The summed E-state index contributed by atoms with van der Waals surface area (Å²) in [5.41, 5.74) is 0. The Bertz CT molecular complexity index is 179. The molecule has 1 aliphatic heterocycles. The van der Waals surface area contributed by atoms with Crippen LogP contribution in [-0.4, -0.2) is 50.3 Å². The molecule has 0 spiro atoms. The highest BCUT2D eigenvalue weighted by molar-refractivity contribution is 4.84. The minimum Gasteiger partial charge on any atom is -0.383 e. The molecule has 0 amide bonds. The topological polar surface area (TPSA) is 24.5 Å². The molecule has 96 valence electrons. The van der Waals surface area contributed by atoms with Crippen LogP contribution >= 0.6 is 0 Å². The van der Waals surface area contributed by atoms with Crippen LogP contribution in [0.2, 0.25) is 0 Å². The van der Waals surface area contributed by atoms with Crippen molar-refractivity contribution in [2.75, 3.05) is 33.4 Å². The number of rotatable bonds is 7. The average molecular weight is 228 g/mol. The molecule has 2 atom stereocenters. The number of likely N-dealkylation sites (N-methyl/N-ethyl adjacent to an activating group) is 1. The largest absolute Gasteiger partial charge is 0.383 e. The molecule has 0 aromatic carbocycles. The van der Waals surface area contributed by atoms with Crippen molar-refractivity contribution in [1.29, 1.82) is 0 Å². The second kappa shape index (κ2) is 7.25. The lowest BCUT2D eigenvalue weighted by Crippen LogP contribution is -2.46. The SMILES string of the molecule is CCNC(COC)CN1CCCC1C(C)C. The highest BCUT2D eigenvalue weighted by Gasteiger charge is 2.28. The van der Waals surface area contributed by atoms with Gasteiger partial charge in [0, 0.05) is 25.7 Å². The Hall–Kier alpha value is -0.120. The molecule has 0 bridgehead atoms. The summed E-state index contributed by atoms with van der Waals surface area (Å²) in [4.78, 5) is 2.64. The van der Waals surface area contributed by atoms with Gasteiger partial charge < -0.3 is 10.1 Å². The minimum absolute atomic E-state index is 0.481. The van der Waals surface area contributed by atoms with Crippen molar-refractivity contribution in [3.8, 4) is 0 Å². The molecule has 1 heterocycles. The Morgan fingerprint density at radius 2 is 2.19 bits per heavy atom. The van der Waals surface area contributed by atoms with Gasteiger partial charge in [0.1, 0.15) is 0 Å². The zero-order valence-corrected chi connectivity index (χ0v) is 11.3. The lowest BCUT2D eigenvalue weighted by atomic mass is 10.0. The van der Waals surface area contributed by atoms with Crippen molar-refractivity contribution in [2.45, 2.75) is 45.7 Å². The van der Waals surface area contributed by atoms with Gasteiger partial charge in [0.2, 0.25) is 0 Å². The Balaban J connectivity index is 2.42. The Morgan fingerprint density at radius 1 is 1.44 bits per heavy atom. The molecular formula is C13H28N2O. The third-order valence-corrected chi connectivity index (χ3v) is 3.50. The van der Waals surface area contributed by atoms with Gasteiger partial charge in [0.05, 0.1) is 6.61 Å². The number of hydrogen-bond donors (Lipinski definition) is 1. The summed E-state index contributed by atoms with van der Waals surface area (Å²) in [6.45, 7) is 11.1. The molecule has 2 unspecified atom stereocenters. The first kappa shape index (κ1) is 13.9. The predicted octanol–water partition coefficient (Wildman–Crippen LogP) is 1.73. The van der Waals surface area contributed by atoms with Gasteiger partial charge in [-0.2, -0.15) is 0 Å². The smallest absolute Gasteiger partial charge is 0.0628 e. The van der Waals surface area contributed by atoms with Gasteiger partial charge in [0.15, 0.2) is 0 Å². The van der Waals surface area contributed by atoms with Gasteiger partial charge in [-0.1, -0.05) is 20.8 Å². The molecule has 1 rings (SSSR count). The van der Waals surface area contributed by atoms with Gasteiger partial charge in [-0.15, -0.1) is 0 Å². The van der Waals surface area contributed by atoms with E-state index >= 15 is 0 Å². The van der Waals surface area contributed by atoms with E-state index in [0.29, 0.717) is 6.04 Å². The quantitative estimate of drug-likeness (QED) is 0.718. The summed E-state index contributed by atoms with van der Waals surface area (Å²) in [6, 6.07) is 1.26. The zero-order chi connectivity index (χ0) is 12.0. The molecule has 0 radical (unpaired) electrons. The second-order valence-corrected chi connectivity index (χ2v) is 5.16. The van der Waals surface area contributed by atoms with Gasteiger partial charge in [-0.3, -0.25) is 4.90 Å². The second-order valence-electron chi connectivity index (χ2n) is 5.16. The van der Waals surface area contributed by atoms with E-state index in [-0.39, 0.29) is 0 Å². The summed E-state index contributed by atoms with van der Waals surface area (Å²) in [5, 5.41) is 3.50. The summed E-state index contributed by atoms with van der Waals surface area (Å²) >= 11 is 0. The highest BCUT2D eigenvalue weighted by Crippen LogP contribution is 2.23. The average Bonchev–Trinajstić information content (AvgIpc) is 2.66. The van der Waals surface area contributed by atoms with E-state index in [1.807, 2.05) is 0 Å². The Morgan fingerprint density at radius 3 is 2.75 bits per heavy atom. The first-order valence-electron chi connectivity index (χ1n) is 6.65. The minimum atomic E-state index is 0.481. The van der Waals surface area contributed by atoms with E-state index in [4.69, 9.17) is 4.74 Å². The van der Waals surface area contributed by atoms with Crippen LogP contribution in [-0.2, 0) is 4.74 Å². The van der Waals surface area contributed by atoms with Gasteiger partial charge >= 0.3 is 0 Å². The van der Waals surface area contributed by atoms with Crippen molar-refractivity contribution in [1.82, 2.24) is 10.2 Å². The Labute approximate surface area is 101 Å². The molecule has 0 saturated carbocycles. The summed E-state index contributed by atoms with van der Waals surface area (Å²) < 4.78 is 5.27. The first-order valence-corrected chi connectivity index (χ1v) is 6.65. The van der Waals surface area contributed by atoms with Crippen LogP contribution in [0, 0.1) is 5.92 Å². The predicted molar refractivity (Wildman–Crippen MR) is 68.8 cm³/mol. The number of ether oxygens (including phenoxy) is 1. The Kier molecular flexibility index (Phi) is 6.32. The van der Waals surface area contributed by atoms with E-state index in [1.54, 1.807) is 7.11 Å². The first-order chi connectivity index (χ1) is 7.69. The van der Waals surface area contributed by atoms with Crippen LogP contribution in [0.5, 0.6) is 0 Å². The van der Waals surface area contributed by atoms with Crippen molar-refractivity contribution in [2.24, 2.45) is 5.92 Å². The molecule has 0 aromatic heterocycles. The third-order valence-electron chi connectivity index (χ3n) is 3.50. The lowest BCUT2D eigenvalue weighted by molar-refractivity contribution is 0.124. The van der Waals surface area contributed by atoms with Crippen LogP contribution in [0.25, 0.3) is 0 Å². The molecule has 3 heteroatoms. The van der Waals surface area contributed by atoms with Crippen LogP contribution in [0.4, 0.5) is 0 Å². The molecule has 0 aliphatic carbocycles. The fraction of sp³-hybridized carbons (Fsp3) is 1.00. The zero-order valence-electron chi connectivity index (χ0n) is 11.3. The van der Waals surface area contributed by atoms with Gasteiger partial charge in [-0.25, -0.2) is 0 Å². The maximum absolute atomic E-state index is 5.27. The fourth-order valence-corrected chi connectivity index (χ4v) is 2.78. The molecular weight excluding hydrogens is 200 g/mol. The lowest BCUT2D eigenvalue weighted by Gasteiger charge is -2.31. The number of nitrogens with zero attached hydrogens (tertiary/aromatic N) is 1. The summed E-state index contributed by atoms with van der Waals surface area (Å²) in [5.74, 6) is 0.771. The van der Waals surface area contributed by atoms with Crippen LogP contribution in [0.3, 0.4) is 0 Å². The van der Waals surface area contributed by atoms with Crippen LogP contribution in [0.15, 0.2) is 0 Å². The van der Waals surface area contributed by atoms with Crippen LogP contribution in [0.1, 0.15) is 33.6 Å². The molecule has 0 aromatic rings. The molecule has 16 heavy (non-hydrogen) atoms. The fourth-order valence-electron chi connectivity index (χ4n) is 2.78. The van der Waals surface area contributed by atoms with E-state index in [2.05, 4.69) is 31.0 Å². The molecule has 1 aliphatic rings. The summed E-state index contributed by atoms with van der Waals surface area (Å²) in [6.07, 6.45) is 2.72. The monoisotopic (exact) mass is 228 g/mol. The molecule has 1 N–H and O–H groups in total. The van der Waals surface area contributed by atoms with E-state index in [1.165, 1.54) is 19.4 Å². The molecule has 3 nitrogen and oxygen atoms in total. The van der Waals surface area contributed by atoms with Gasteiger partial charge in [-0.05, 0) is 31.8 Å². The summed E-state index contributed by atoms with van der Waals surface area (Å²) in [7, 11) is 1.79.